The van der Waals surface area contributed by atoms with E-state index >= 15 is 0 Å². The summed E-state index contributed by atoms with van der Waals surface area (Å²) in [6, 6.07) is 15.1. The van der Waals surface area contributed by atoms with Gasteiger partial charge in [0.15, 0.2) is 0 Å². The molecular formula is C22H29NO3. The third-order valence-electron chi connectivity index (χ3n) is 4.12. The third kappa shape index (κ3) is 5.80. The molecule has 1 N–H and O–H groups in total. The van der Waals surface area contributed by atoms with E-state index in [0.29, 0.717) is 18.1 Å². The summed E-state index contributed by atoms with van der Waals surface area (Å²) in [7, 11) is 1.65. The first-order valence-corrected chi connectivity index (χ1v) is 9.21. The average Bonchev–Trinajstić information content (AvgIpc) is 2.66. The van der Waals surface area contributed by atoms with Crippen LogP contribution in [-0.2, 0) is 0 Å². The van der Waals surface area contributed by atoms with E-state index in [1.807, 2.05) is 36.4 Å². The largest absolute Gasteiger partial charge is 0.497 e. The van der Waals surface area contributed by atoms with Crippen molar-refractivity contribution in [2.24, 2.45) is 5.92 Å². The fourth-order valence-corrected chi connectivity index (χ4v) is 2.75. The molecule has 4 nitrogen and oxygen atoms in total. The first-order valence-electron chi connectivity index (χ1n) is 9.21. The number of nitrogens with one attached hydrogen (secondary N) is 1. The Hall–Kier alpha value is -2.49. The van der Waals surface area contributed by atoms with Gasteiger partial charge in [-0.3, -0.25) is 4.79 Å². The van der Waals surface area contributed by atoms with Gasteiger partial charge in [-0.1, -0.05) is 32.9 Å². The van der Waals surface area contributed by atoms with Crippen LogP contribution in [-0.4, -0.2) is 19.6 Å². The van der Waals surface area contributed by atoms with Gasteiger partial charge in [-0.2, -0.15) is 0 Å². The van der Waals surface area contributed by atoms with Crippen molar-refractivity contribution in [3.05, 3.63) is 59.7 Å². The third-order valence-corrected chi connectivity index (χ3v) is 4.12. The van der Waals surface area contributed by atoms with E-state index in [1.54, 1.807) is 19.2 Å². The Balaban J connectivity index is 2.09. The Bertz CT molecular complexity index is 678. The molecule has 26 heavy (non-hydrogen) atoms. The average molecular weight is 355 g/mol. The summed E-state index contributed by atoms with van der Waals surface area (Å²) in [5, 5.41) is 3.16. The summed E-state index contributed by atoms with van der Waals surface area (Å²) in [5.41, 5.74) is 1.71. The summed E-state index contributed by atoms with van der Waals surface area (Å²) in [6.45, 7) is 7.06. The Morgan fingerprint density at radius 1 is 1.00 bits per heavy atom. The molecular weight excluding hydrogens is 326 g/mol. The second kappa shape index (κ2) is 9.85. The van der Waals surface area contributed by atoms with Crippen LogP contribution in [0.25, 0.3) is 0 Å². The summed E-state index contributed by atoms with van der Waals surface area (Å²) < 4.78 is 10.8. The molecule has 0 aliphatic rings. The molecule has 0 aromatic heterocycles. The van der Waals surface area contributed by atoms with Gasteiger partial charge in [0.1, 0.15) is 11.5 Å². The van der Waals surface area contributed by atoms with Gasteiger partial charge >= 0.3 is 0 Å². The minimum Gasteiger partial charge on any atom is -0.497 e. The molecule has 2 aromatic rings. The van der Waals surface area contributed by atoms with Crippen molar-refractivity contribution in [3.8, 4) is 11.5 Å². The van der Waals surface area contributed by atoms with Crippen molar-refractivity contribution in [1.82, 2.24) is 5.32 Å². The minimum absolute atomic E-state index is 0.0376. The van der Waals surface area contributed by atoms with Gasteiger partial charge in [-0.05, 0) is 60.7 Å². The highest BCUT2D eigenvalue weighted by Gasteiger charge is 2.17. The predicted octanol–water partition coefficient (Wildman–Crippen LogP) is 5.00. The highest BCUT2D eigenvalue weighted by Crippen LogP contribution is 2.24. The van der Waals surface area contributed by atoms with Gasteiger partial charge in [0.2, 0.25) is 0 Å². The lowest BCUT2D eigenvalue weighted by molar-refractivity contribution is 0.0932. The fraction of sp³-hybridized carbons (Fsp3) is 0.409. The van der Waals surface area contributed by atoms with Crippen molar-refractivity contribution < 1.29 is 14.3 Å². The van der Waals surface area contributed by atoms with Crippen LogP contribution >= 0.6 is 0 Å². The molecule has 0 saturated heterocycles. The molecule has 0 fully saturated rings. The maximum Gasteiger partial charge on any atom is 0.251 e. The molecule has 0 spiro atoms. The van der Waals surface area contributed by atoms with Crippen LogP contribution in [0.1, 0.15) is 55.6 Å². The first-order chi connectivity index (χ1) is 12.5. The van der Waals surface area contributed by atoms with Crippen LogP contribution in [0.5, 0.6) is 11.5 Å². The molecule has 4 heteroatoms. The zero-order valence-electron chi connectivity index (χ0n) is 16.1. The van der Waals surface area contributed by atoms with Gasteiger partial charge in [0, 0.05) is 5.56 Å². The molecule has 0 heterocycles. The molecule has 0 radical (unpaired) electrons. The van der Waals surface area contributed by atoms with Crippen molar-refractivity contribution in [2.75, 3.05) is 13.7 Å². The summed E-state index contributed by atoms with van der Waals surface area (Å²) >= 11 is 0. The lowest BCUT2D eigenvalue weighted by atomic mass is 9.96. The van der Waals surface area contributed by atoms with Gasteiger partial charge in [-0.25, -0.2) is 0 Å². The highest BCUT2D eigenvalue weighted by molar-refractivity contribution is 5.94. The van der Waals surface area contributed by atoms with E-state index in [-0.39, 0.29) is 11.9 Å². The molecule has 1 atom stereocenters. The maximum atomic E-state index is 12.7. The van der Waals surface area contributed by atoms with Crippen LogP contribution in [0.15, 0.2) is 48.5 Å². The molecule has 1 unspecified atom stereocenters. The molecule has 2 rings (SSSR count). The lowest BCUT2D eigenvalue weighted by Gasteiger charge is -2.21. The number of ether oxygens (including phenoxy) is 2. The van der Waals surface area contributed by atoms with Crippen LogP contribution in [0.4, 0.5) is 0 Å². The van der Waals surface area contributed by atoms with Gasteiger partial charge in [0.25, 0.3) is 5.91 Å². The second-order valence-electron chi connectivity index (χ2n) is 6.80. The van der Waals surface area contributed by atoms with E-state index in [4.69, 9.17) is 9.47 Å². The van der Waals surface area contributed by atoms with Crippen molar-refractivity contribution in [2.45, 2.75) is 39.7 Å². The Morgan fingerprint density at radius 2 is 1.62 bits per heavy atom. The van der Waals surface area contributed by atoms with Crippen LogP contribution < -0.4 is 14.8 Å². The van der Waals surface area contributed by atoms with E-state index < -0.39 is 0 Å². The number of hydrogen-bond acceptors (Lipinski definition) is 3. The molecule has 0 aliphatic carbocycles. The fourth-order valence-electron chi connectivity index (χ4n) is 2.75. The molecule has 140 valence electrons. The Morgan fingerprint density at radius 3 is 2.15 bits per heavy atom. The molecule has 0 saturated carbocycles. The van der Waals surface area contributed by atoms with Gasteiger partial charge in [0.05, 0.1) is 19.8 Å². The zero-order valence-corrected chi connectivity index (χ0v) is 16.1. The predicted molar refractivity (Wildman–Crippen MR) is 105 cm³/mol. The second-order valence-corrected chi connectivity index (χ2v) is 6.80. The number of carbonyl (C=O) groups is 1. The monoisotopic (exact) mass is 355 g/mol. The van der Waals surface area contributed by atoms with Crippen LogP contribution in [0, 0.1) is 5.92 Å². The quantitative estimate of drug-likeness (QED) is 0.688. The SMILES string of the molecule is CCCOc1ccc(C(=O)NC(CC(C)C)c2ccc(OC)cc2)cc1. The molecule has 1 amide bonds. The normalized spacial score (nSPS) is 11.9. The number of rotatable bonds is 9. The lowest BCUT2D eigenvalue weighted by Crippen LogP contribution is -2.29. The molecule has 0 bridgehead atoms. The smallest absolute Gasteiger partial charge is 0.251 e. The van der Waals surface area contributed by atoms with Gasteiger partial charge < -0.3 is 14.8 Å². The molecule has 0 aliphatic heterocycles. The number of methoxy groups -OCH3 is 1. The molecule has 2 aromatic carbocycles. The van der Waals surface area contributed by atoms with Crippen molar-refractivity contribution in [1.29, 1.82) is 0 Å². The maximum absolute atomic E-state index is 12.7. The summed E-state index contributed by atoms with van der Waals surface area (Å²) in [6.07, 6.45) is 1.83. The summed E-state index contributed by atoms with van der Waals surface area (Å²) in [4.78, 5) is 12.7. The minimum atomic E-state index is -0.0755. The van der Waals surface area contributed by atoms with E-state index in [0.717, 1.165) is 29.9 Å². The number of carbonyl (C=O) groups excluding carboxylic acids is 1. The Labute approximate surface area is 156 Å². The van der Waals surface area contributed by atoms with E-state index in [2.05, 4.69) is 26.1 Å². The van der Waals surface area contributed by atoms with E-state index in [1.165, 1.54) is 0 Å². The highest BCUT2D eigenvalue weighted by atomic mass is 16.5. The Kier molecular flexibility index (Phi) is 7.52. The van der Waals surface area contributed by atoms with Crippen LogP contribution in [0.3, 0.4) is 0 Å². The number of amides is 1. The van der Waals surface area contributed by atoms with Crippen LogP contribution in [0.2, 0.25) is 0 Å². The standard InChI is InChI=1S/C22H29NO3/c1-5-14-26-20-12-8-18(9-13-20)22(24)23-21(15-16(2)3)17-6-10-19(25-4)11-7-17/h6-13,16,21H,5,14-15H2,1-4H3,(H,23,24). The van der Waals surface area contributed by atoms with Gasteiger partial charge in [-0.15, -0.1) is 0 Å². The number of benzene rings is 2. The van der Waals surface area contributed by atoms with E-state index in [9.17, 15) is 4.79 Å². The van der Waals surface area contributed by atoms with Crippen molar-refractivity contribution in [3.63, 3.8) is 0 Å². The first kappa shape index (κ1) is 19.8. The van der Waals surface area contributed by atoms with Crippen molar-refractivity contribution >= 4 is 5.91 Å². The topological polar surface area (TPSA) is 47.6 Å². The summed E-state index contributed by atoms with van der Waals surface area (Å²) in [5.74, 6) is 1.99. The number of hydrogen-bond donors (Lipinski definition) is 1. The zero-order chi connectivity index (χ0) is 18.9.